The van der Waals surface area contributed by atoms with E-state index in [2.05, 4.69) is 4.98 Å². The first-order chi connectivity index (χ1) is 10.9. The molecule has 0 spiro atoms. The van der Waals surface area contributed by atoms with Gasteiger partial charge in [0.2, 0.25) is 0 Å². The van der Waals surface area contributed by atoms with Crippen molar-refractivity contribution in [2.75, 3.05) is 14.1 Å². The van der Waals surface area contributed by atoms with Gasteiger partial charge in [-0.1, -0.05) is 19.3 Å². The topological polar surface area (TPSA) is 57.9 Å². The summed E-state index contributed by atoms with van der Waals surface area (Å²) in [6.45, 7) is 2.27. The Morgan fingerprint density at radius 3 is 2.70 bits per heavy atom. The number of hydrogen-bond acceptors (Lipinski definition) is 4. The Morgan fingerprint density at radius 1 is 1.30 bits per heavy atom. The molecule has 6 nitrogen and oxygen atoms in total. The van der Waals surface area contributed by atoms with Crippen molar-refractivity contribution in [2.24, 2.45) is 0 Å². The highest BCUT2D eigenvalue weighted by molar-refractivity contribution is 7.86. The van der Waals surface area contributed by atoms with Gasteiger partial charge in [0.1, 0.15) is 0 Å². The second kappa shape index (κ2) is 6.51. The molecule has 2 aromatic heterocycles. The number of aryl methyl sites for hydroxylation is 1. The van der Waals surface area contributed by atoms with Crippen LogP contribution in [0.4, 0.5) is 0 Å². The molecule has 1 aliphatic rings. The van der Waals surface area contributed by atoms with Gasteiger partial charge in [-0.15, -0.1) is 11.3 Å². The Balaban J connectivity index is 1.79. The number of aromatic nitrogens is 2. The van der Waals surface area contributed by atoms with Gasteiger partial charge in [0.05, 0.1) is 17.9 Å². The molecule has 0 aliphatic heterocycles. The van der Waals surface area contributed by atoms with E-state index in [0.29, 0.717) is 6.54 Å². The van der Waals surface area contributed by atoms with Crippen LogP contribution in [-0.2, 0) is 16.8 Å². The second-order valence-electron chi connectivity index (χ2n) is 6.27. The lowest BCUT2D eigenvalue weighted by molar-refractivity contribution is 0.267. The number of hydrogen-bond donors (Lipinski definition) is 0. The van der Waals surface area contributed by atoms with Crippen LogP contribution in [0.15, 0.2) is 11.6 Å². The van der Waals surface area contributed by atoms with E-state index >= 15 is 0 Å². The monoisotopic (exact) mass is 356 g/mol. The maximum atomic E-state index is 12.9. The molecule has 8 heteroatoms. The maximum absolute atomic E-state index is 12.9. The van der Waals surface area contributed by atoms with Crippen LogP contribution >= 0.6 is 11.3 Å². The van der Waals surface area contributed by atoms with E-state index in [4.69, 9.17) is 0 Å². The highest BCUT2D eigenvalue weighted by Gasteiger charge is 2.31. The van der Waals surface area contributed by atoms with E-state index < -0.39 is 10.2 Å². The minimum Gasteiger partial charge on any atom is -0.293 e. The van der Waals surface area contributed by atoms with Crippen LogP contribution in [-0.4, -0.2) is 46.6 Å². The molecule has 1 saturated carbocycles. The molecule has 0 unspecified atom stereocenters. The van der Waals surface area contributed by atoms with Crippen molar-refractivity contribution >= 4 is 26.5 Å². The van der Waals surface area contributed by atoms with Crippen molar-refractivity contribution in [2.45, 2.75) is 51.6 Å². The third-order valence-electron chi connectivity index (χ3n) is 4.78. The fourth-order valence-corrected chi connectivity index (χ4v) is 5.37. The van der Waals surface area contributed by atoms with Crippen LogP contribution in [0.25, 0.3) is 4.96 Å². The molecule has 0 aromatic carbocycles. The van der Waals surface area contributed by atoms with E-state index in [-0.39, 0.29) is 6.04 Å². The molecule has 0 amide bonds. The van der Waals surface area contributed by atoms with Crippen LogP contribution in [0.2, 0.25) is 0 Å². The zero-order chi connectivity index (χ0) is 16.6. The minimum atomic E-state index is -3.45. The van der Waals surface area contributed by atoms with Crippen LogP contribution in [0.3, 0.4) is 0 Å². The molecular weight excluding hydrogens is 332 g/mol. The summed E-state index contributed by atoms with van der Waals surface area (Å²) >= 11 is 1.56. The van der Waals surface area contributed by atoms with Gasteiger partial charge in [-0.2, -0.15) is 17.0 Å². The number of thiazole rings is 1. The van der Waals surface area contributed by atoms with E-state index in [1.54, 1.807) is 29.7 Å². The van der Waals surface area contributed by atoms with E-state index in [1.807, 2.05) is 22.9 Å². The SMILES string of the molecule is Cc1nc2sccn2c1CN(C)S(=O)(=O)N(C)C1CCCCC1. The van der Waals surface area contributed by atoms with Crippen molar-refractivity contribution < 1.29 is 8.42 Å². The first-order valence-electron chi connectivity index (χ1n) is 8.01. The Morgan fingerprint density at radius 2 is 2.00 bits per heavy atom. The molecule has 1 aliphatic carbocycles. The summed E-state index contributed by atoms with van der Waals surface area (Å²) in [4.78, 5) is 5.40. The maximum Gasteiger partial charge on any atom is 0.282 e. The van der Waals surface area contributed by atoms with Gasteiger partial charge in [0.15, 0.2) is 4.96 Å². The summed E-state index contributed by atoms with van der Waals surface area (Å²) in [6, 6.07) is 0.129. The van der Waals surface area contributed by atoms with Gasteiger partial charge in [-0.3, -0.25) is 4.40 Å². The molecule has 23 heavy (non-hydrogen) atoms. The lowest BCUT2D eigenvalue weighted by Gasteiger charge is -2.33. The summed E-state index contributed by atoms with van der Waals surface area (Å²) in [6.07, 6.45) is 7.32. The van der Waals surface area contributed by atoms with Crippen molar-refractivity contribution in [3.8, 4) is 0 Å². The fourth-order valence-electron chi connectivity index (χ4n) is 3.28. The molecule has 3 rings (SSSR count). The Bertz CT molecular complexity index is 775. The molecule has 0 saturated heterocycles. The fraction of sp³-hybridized carbons (Fsp3) is 0.667. The van der Waals surface area contributed by atoms with Crippen molar-refractivity contribution in [1.29, 1.82) is 0 Å². The van der Waals surface area contributed by atoms with E-state index in [0.717, 1.165) is 42.0 Å². The predicted molar refractivity (Wildman–Crippen MR) is 92.8 cm³/mol. The van der Waals surface area contributed by atoms with Gasteiger partial charge < -0.3 is 0 Å². The molecule has 0 atom stereocenters. The van der Waals surface area contributed by atoms with Gasteiger partial charge in [-0.05, 0) is 19.8 Å². The first-order valence-corrected chi connectivity index (χ1v) is 10.3. The lowest BCUT2D eigenvalue weighted by Crippen LogP contribution is -2.45. The summed E-state index contributed by atoms with van der Waals surface area (Å²) in [5.41, 5.74) is 1.82. The summed E-state index contributed by atoms with van der Waals surface area (Å²) in [5, 5.41) is 1.97. The van der Waals surface area contributed by atoms with Crippen LogP contribution < -0.4 is 0 Å². The minimum absolute atomic E-state index is 0.129. The molecule has 0 bridgehead atoms. The van der Waals surface area contributed by atoms with Crippen LogP contribution in [0.5, 0.6) is 0 Å². The third kappa shape index (κ3) is 3.17. The van der Waals surface area contributed by atoms with E-state index in [1.165, 1.54) is 10.7 Å². The number of rotatable bonds is 5. The number of nitrogens with zero attached hydrogens (tertiary/aromatic N) is 4. The standard InChI is InChI=1S/C15H24N4O2S2/c1-12-14(19-9-10-22-15(19)16-12)11-17(2)23(20,21)18(3)13-7-5-4-6-8-13/h9-10,13H,4-8,11H2,1-3H3. The summed E-state index contributed by atoms with van der Waals surface area (Å²) in [7, 11) is -0.0880. The van der Waals surface area contributed by atoms with Crippen molar-refractivity contribution in [1.82, 2.24) is 18.0 Å². The largest absolute Gasteiger partial charge is 0.293 e. The molecule has 128 valence electrons. The molecular formula is C15H24N4O2S2. The first kappa shape index (κ1) is 16.9. The zero-order valence-electron chi connectivity index (χ0n) is 13.9. The molecule has 0 N–H and O–H groups in total. The zero-order valence-corrected chi connectivity index (χ0v) is 15.5. The van der Waals surface area contributed by atoms with Crippen molar-refractivity contribution in [3.05, 3.63) is 23.0 Å². The smallest absolute Gasteiger partial charge is 0.282 e. The van der Waals surface area contributed by atoms with Gasteiger partial charge >= 0.3 is 0 Å². The lowest BCUT2D eigenvalue weighted by atomic mass is 9.96. The predicted octanol–water partition coefficient (Wildman–Crippen LogP) is 2.65. The Hall–Kier alpha value is -0.960. The number of fused-ring (bicyclic) bond motifs is 1. The molecule has 2 aromatic rings. The number of imidazole rings is 1. The van der Waals surface area contributed by atoms with Crippen LogP contribution in [0.1, 0.15) is 43.5 Å². The van der Waals surface area contributed by atoms with Gasteiger partial charge in [-0.25, -0.2) is 4.98 Å². The van der Waals surface area contributed by atoms with Crippen LogP contribution in [0, 0.1) is 6.92 Å². The average molecular weight is 357 g/mol. The normalized spacial score (nSPS) is 17.6. The Labute approximate surface area is 141 Å². The van der Waals surface area contributed by atoms with Gasteiger partial charge in [0, 0.05) is 31.7 Å². The summed E-state index contributed by atoms with van der Waals surface area (Å²) < 4.78 is 30.7. The molecule has 2 heterocycles. The highest BCUT2D eigenvalue weighted by Crippen LogP contribution is 2.25. The quantitative estimate of drug-likeness (QED) is 0.827. The summed E-state index contributed by atoms with van der Waals surface area (Å²) in [5.74, 6) is 0. The van der Waals surface area contributed by atoms with E-state index in [9.17, 15) is 8.42 Å². The Kier molecular flexibility index (Phi) is 4.78. The molecule has 1 fully saturated rings. The van der Waals surface area contributed by atoms with Crippen molar-refractivity contribution in [3.63, 3.8) is 0 Å². The second-order valence-corrected chi connectivity index (χ2v) is 9.24. The van der Waals surface area contributed by atoms with Gasteiger partial charge in [0.25, 0.3) is 10.2 Å². The third-order valence-corrected chi connectivity index (χ3v) is 7.48. The molecule has 0 radical (unpaired) electrons. The highest BCUT2D eigenvalue weighted by atomic mass is 32.2. The average Bonchev–Trinajstić information content (AvgIpc) is 3.10.